The van der Waals surface area contributed by atoms with Crippen LogP contribution in [0.25, 0.3) is 0 Å². The Labute approximate surface area is 227 Å². The predicted octanol–water partition coefficient (Wildman–Crippen LogP) is 6.54. The van der Waals surface area contributed by atoms with Gasteiger partial charge in [-0.15, -0.1) is 0 Å². The Kier molecular flexibility index (Phi) is 9.98. The first-order valence-electron chi connectivity index (χ1n) is 12.0. The fraction of sp³-hybridized carbons (Fsp3) is 0.538. The minimum Gasteiger partial charge on any atom is -0.444 e. The fourth-order valence-corrected chi connectivity index (χ4v) is 5.07. The Hall–Kier alpha value is -1.98. The van der Waals surface area contributed by atoms with Gasteiger partial charge in [0.05, 0.1) is 34.9 Å². The topological polar surface area (TPSA) is 104 Å². The largest absolute Gasteiger partial charge is 0.444 e. The Morgan fingerprint density at radius 1 is 1.11 bits per heavy atom. The van der Waals surface area contributed by atoms with Crippen LogP contribution in [0.4, 0.5) is 4.79 Å². The van der Waals surface area contributed by atoms with Crippen molar-refractivity contribution in [1.29, 1.82) is 0 Å². The lowest BCUT2D eigenvalue weighted by molar-refractivity contribution is 0.0481. The molecule has 206 valence electrons. The summed E-state index contributed by atoms with van der Waals surface area (Å²) in [6.45, 7) is 17.5. The molecular formula is C26H39ClN2O6SSi. The first-order chi connectivity index (χ1) is 16.8. The number of hydrogen-bond donors (Lipinski definition) is 1. The quantitative estimate of drug-likeness (QED) is 0.270. The van der Waals surface area contributed by atoms with Crippen molar-refractivity contribution in [3.05, 3.63) is 58.4 Å². The molecule has 0 aliphatic heterocycles. The third-order valence-electron chi connectivity index (χ3n) is 6.09. The van der Waals surface area contributed by atoms with Gasteiger partial charge in [0.2, 0.25) is 0 Å². The molecule has 8 nitrogen and oxygen atoms in total. The summed E-state index contributed by atoms with van der Waals surface area (Å²) >= 11 is 6.20. The number of hydrogen-bond acceptors (Lipinski definition) is 7. The molecule has 0 unspecified atom stereocenters. The van der Waals surface area contributed by atoms with Crippen LogP contribution >= 0.6 is 11.6 Å². The fourth-order valence-electron chi connectivity index (χ4n) is 2.98. The molecule has 1 amide bonds. The van der Waals surface area contributed by atoms with E-state index in [1.165, 1.54) is 18.3 Å². The molecule has 37 heavy (non-hydrogen) atoms. The van der Waals surface area contributed by atoms with E-state index in [1.54, 1.807) is 39.0 Å². The number of aryl methyl sites for hydroxylation is 1. The highest BCUT2D eigenvalue weighted by Crippen LogP contribution is 2.37. The molecule has 0 saturated carbocycles. The van der Waals surface area contributed by atoms with Crippen LogP contribution in [0.1, 0.15) is 64.4 Å². The highest BCUT2D eigenvalue weighted by molar-refractivity contribution is 7.86. The molecule has 1 atom stereocenters. The highest BCUT2D eigenvalue weighted by Gasteiger charge is 2.38. The summed E-state index contributed by atoms with van der Waals surface area (Å²) in [5.74, 6) is 0. The van der Waals surface area contributed by atoms with Crippen molar-refractivity contribution < 1.29 is 26.6 Å². The van der Waals surface area contributed by atoms with E-state index in [1.807, 2.05) is 6.92 Å². The molecule has 2 aromatic rings. The van der Waals surface area contributed by atoms with Crippen molar-refractivity contribution in [2.45, 2.75) is 89.7 Å². The molecule has 1 N–H and O–H groups in total. The summed E-state index contributed by atoms with van der Waals surface area (Å²) in [5.41, 5.74) is 1.00. The Bertz CT molecular complexity index is 1190. The predicted molar refractivity (Wildman–Crippen MR) is 148 cm³/mol. The van der Waals surface area contributed by atoms with E-state index >= 15 is 0 Å². The van der Waals surface area contributed by atoms with Gasteiger partial charge in [0, 0.05) is 11.8 Å². The third-order valence-corrected chi connectivity index (χ3v) is 12.1. The molecule has 1 heterocycles. The number of carbonyl (C=O) groups is 1. The van der Waals surface area contributed by atoms with Gasteiger partial charge in [0.15, 0.2) is 8.32 Å². The number of nitrogens with zero attached hydrogens (tertiary/aromatic N) is 1. The van der Waals surface area contributed by atoms with Crippen molar-refractivity contribution in [1.82, 2.24) is 10.3 Å². The second kappa shape index (κ2) is 11.8. The summed E-state index contributed by atoms with van der Waals surface area (Å²) in [4.78, 5) is 17.2. The minimum absolute atomic E-state index is 0.0410. The first-order valence-corrected chi connectivity index (χ1v) is 16.7. The number of halogens is 1. The summed E-state index contributed by atoms with van der Waals surface area (Å²) < 4.78 is 42.8. The van der Waals surface area contributed by atoms with Crippen LogP contribution < -0.4 is 5.32 Å². The van der Waals surface area contributed by atoms with Crippen molar-refractivity contribution >= 4 is 36.1 Å². The highest BCUT2D eigenvalue weighted by atomic mass is 35.5. The van der Waals surface area contributed by atoms with Crippen molar-refractivity contribution in [2.24, 2.45) is 0 Å². The zero-order valence-electron chi connectivity index (χ0n) is 23.1. The maximum absolute atomic E-state index is 12.8. The van der Waals surface area contributed by atoms with Gasteiger partial charge in [-0.1, -0.05) is 50.1 Å². The van der Waals surface area contributed by atoms with Crippen molar-refractivity contribution in [3.63, 3.8) is 0 Å². The SMILES string of the molecule is Cc1ccc(S(=O)(=O)OCc2cc(Cl)cnc2[C@H](CO[Si](C)(C)C(C)(C)C)NC(=O)OC(C)(C)C)cc1. The molecule has 1 aromatic carbocycles. The van der Waals surface area contributed by atoms with Crippen LogP contribution in [0, 0.1) is 6.92 Å². The lowest BCUT2D eigenvalue weighted by atomic mass is 10.1. The van der Waals surface area contributed by atoms with Crippen LogP contribution in [0.2, 0.25) is 23.2 Å². The molecule has 0 aliphatic rings. The number of ether oxygens (including phenoxy) is 1. The molecule has 0 fully saturated rings. The van der Waals surface area contributed by atoms with Crippen molar-refractivity contribution in [2.75, 3.05) is 6.61 Å². The van der Waals surface area contributed by atoms with E-state index in [-0.39, 0.29) is 23.1 Å². The average Bonchev–Trinajstić information content (AvgIpc) is 2.74. The van der Waals surface area contributed by atoms with Gasteiger partial charge in [-0.25, -0.2) is 4.79 Å². The number of carbonyl (C=O) groups excluding carboxylic acids is 1. The normalized spacial score (nSPS) is 13.8. The molecular weight excluding hydrogens is 532 g/mol. The van der Waals surface area contributed by atoms with Gasteiger partial charge >= 0.3 is 6.09 Å². The molecule has 0 saturated heterocycles. The van der Waals surface area contributed by atoms with Gasteiger partial charge in [0.1, 0.15) is 5.60 Å². The zero-order valence-corrected chi connectivity index (χ0v) is 25.7. The summed E-state index contributed by atoms with van der Waals surface area (Å²) in [5, 5.41) is 3.07. The smallest absolute Gasteiger partial charge is 0.408 e. The maximum atomic E-state index is 12.8. The maximum Gasteiger partial charge on any atom is 0.408 e. The van der Waals surface area contributed by atoms with Crippen LogP contribution in [0.5, 0.6) is 0 Å². The van der Waals surface area contributed by atoms with Gasteiger partial charge < -0.3 is 14.5 Å². The number of nitrogens with one attached hydrogen (secondary N) is 1. The number of aromatic nitrogens is 1. The van der Waals surface area contributed by atoms with E-state index in [0.717, 1.165) is 5.56 Å². The Morgan fingerprint density at radius 2 is 1.70 bits per heavy atom. The number of amides is 1. The van der Waals surface area contributed by atoms with E-state index in [0.29, 0.717) is 16.3 Å². The standard InChI is InChI=1S/C26H39ClN2O6SSi/c1-18-10-12-21(13-11-18)36(31,32)33-16-19-14-20(27)15-28-23(19)22(29-24(30)35-25(2,3)4)17-34-37(8,9)26(5,6)7/h10-15,22H,16-17H2,1-9H3,(H,29,30)/t22-/m0/s1. The monoisotopic (exact) mass is 570 g/mol. The molecule has 0 radical (unpaired) electrons. The molecule has 2 rings (SSSR count). The summed E-state index contributed by atoms with van der Waals surface area (Å²) in [7, 11) is -6.24. The van der Waals surface area contributed by atoms with E-state index < -0.39 is 36.2 Å². The summed E-state index contributed by atoms with van der Waals surface area (Å²) in [6, 6.07) is 7.21. The number of rotatable bonds is 9. The van der Waals surface area contributed by atoms with Crippen LogP contribution in [-0.2, 0) is 30.1 Å². The van der Waals surface area contributed by atoms with Gasteiger partial charge in [0.25, 0.3) is 10.1 Å². The van der Waals surface area contributed by atoms with Crippen LogP contribution in [0.3, 0.4) is 0 Å². The average molecular weight is 571 g/mol. The second-order valence-corrected chi connectivity index (χ2v) is 18.4. The van der Waals surface area contributed by atoms with E-state index in [4.69, 9.17) is 24.9 Å². The number of pyridine rings is 1. The molecule has 0 spiro atoms. The van der Waals surface area contributed by atoms with Crippen molar-refractivity contribution in [3.8, 4) is 0 Å². The minimum atomic E-state index is -4.04. The lowest BCUT2D eigenvalue weighted by Gasteiger charge is -2.37. The molecule has 0 bridgehead atoms. The lowest BCUT2D eigenvalue weighted by Crippen LogP contribution is -2.44. The van der Waals surface area contributed by atoms with E-state index in [2.05, 4.69) is 44.2 Å². The molecule has 11 heteroatoms. The van der Waals surface area contributed by atoms with Crippen LogP contribution in [0.15, 0.2) is 41.4 Å². The van der Waals surface area contributed by atoms with Gasteiger partial charge in [-0.3, -0.25) is 9.17 Å². The van der Waals surface area contributed by atoms with Crippen LogP contribution in [-0.4, -0.2) is 40.0 Å². The Balaban J connectivity index is 2.39. The van der Waals surface area contributed by atoms with Gasteiger partial charge in [-0.2, -0.15) is 8.42 Å². The second-order valence-electron chi connectivity index (χ2n) is 11.5. The third kappa shape index (κ3) is 9.37. The molecule has 1 aromatic heterocycles. The molecule has 0 aliphatic carbocycles. The summed E-state index contributed by atoms with van der Waals surface area (Å²) in [6.07, 6.45) is 0.789. The Morgan fingerprint density at radius 3 is 2.24 bits per heavy atom. The van der Waals surface area contributed by atoms with Gasteiger partial charge in [-0.05, 0) is 64.0 Å². The van der Waals surface area contributed by atoms with E-state index in [9.17, 15) is 13.2 Å². The number of benzene rings is 1. The zero-order chi connectivity index (χ0) is 28.2. The first kappa shape index (κ1) is 31.2. The number of alkyl carbamates (subject to hydrolysis) is 1.